The summed E-state index contributed by atoms with van der Waals surface area (Å²) in [5.74, 6) is 0. The van der Waals surface area contributed by atoms with Crippen LogP contribution in [0.2, 0.25) is 0 Å². The number of furan rings is 1. The quantitative estimate of drug-likeness (QED) is 0.175. The molecule has 0 saturated heterocycles. The first-order valence-corrected chi connectivity index (χ1v) is 15.8. The minimum absolute atomic E-state index is 0.0461. The Kier molecular flexibility index (Phi) is 3.99. The molecule has 10 aromatic rings. The number of hydrogen-bond acceptors (Lipinski definition) is 1. The Morgan fingerprint density at radius 2 is 0.878 bits per heavy atom. The van der Waals surface area contributed by atoms with Crippen molar-refractivity contribution in [3.8, 4) is 44.5 Å². The highest BCUT2D eigenvalue weighted by Gasteiger charge is 2.21. The molecule has 0 aliphatic carbocycles. The third-order valence-electron chi connectivity index (χ3n) is 9.10. The van der Waals surface area contributed by atoms with E-state index in [-0.39, 0.29) is 73.6 Å². The largest absolute Gasteiger partial charge is 0.456 e. The molecular formula is C48H30O. The van der Waals surface area contributed by atoms with Crippen molar-refractivity contribution in [3.05, 3.63) is 182 Å². The van der Waals surface area contributed by atoms with E-state index in [0.29, 0.717) is 38.2 Å². The SMILES string of the molecule is [2H]c1c([2H])c([2H])c(-c2c3ccccc3c(-c3c([2H])c([2H])c([2H])c4oc5c([2H])c6c([2H])c([2H])c([2H])c([2H])c6c([2H])c5c34)c3ccccc23)c(-c2ccc(-c3ccccc3)cc2)c1[2H]. The fraction of sp³-hybridized carbons (Fsp3) is 0. The smallest absolute Gasteiger partial charge is 0.136 e. The minimum atomic E-state index is -0.587. The van der Waals surface area contributed by atoms with Crippen LogP contribution in [0.15, 0.2) is 186 Å². The lowest BCUT2D eigenvalue weighted by molar-refractivity contribution is 0.669. The van der Waals surface area contributed by atoms with Gasteiger partial charge in [-0.3, -0.25) is 0 Å². The van der Waals surface area contributed by atoms with E-state index >= 15 is 0 Å². The van der Waals surface area contributed by atoms with Gasteiger partial charge < -0.3 is 4.42 Å². The molecule has 1 nitrogen and oxygen atoms in total. The van der Waals surface area contributed by atoms with Crippen molar-refractivity contribution < 1.29 is 22.2 Å². The molecule has 49 heavy (non-hydrogen) atoms. The van der Waals surface area contributed by atoms with E-state index in [0.717, 1.165) is 11.1 Å². The van der Waals surface area contributed by atoms with Crippen LogP contribution in [0.1, 0.15) is 17.8 Å². The van der Waals surface area contributed by atoms with Crippen molar-refractivity contribution in [1.82, 2.24) is 0 Å². The van der Waals surface area contributed by atoms with Gasteiger partial charge in [-0.25, -0.2) is 0 Å². The normalized spacial score (nSPS) is 15.4. The molecule has 0 N–H and O–H groups in total. The van der Waals surface area contributed by atoms with E-state index in [9.17, 15) is 6.85 Å². The first-order chi connectivity index (χ1) is 29.7. The second-order valence-corrected chi connectivity index (χ2v) is 11.8. The van der Waals surface area contributed by atoms with Crippen molar-refractivity contribution in [3.63, 3.8) is 0 Å². The summed E-state index contributed by atoms with van der Waals surface area (Å²) >= 11 is 0. The van der Waals surface area contributed by atoms with Crippen molar-refractivity contribution in [2.24, 2.45) is 0 Å². The Morgan fingerprint density at radius 1 is 0.367 bits per heavy atom. The molecule has 1 heterocycles. The van der Waals surface area contributed by atoms with Gasteiger partial charge in [0.1, 0.15) is 11.2 Å². The predicted octanol–water partition coefficient (Wildman–Crippen LogP) is 13.7. The number of fused-ring (bicyclic) bond motifs is 6. The summed E-state index contributed by atoms with van der Waals surface area (Å²) in [6.07, 6.45) is 0. The van der Waals surface area contributed by atoms with Crippen molar-refractivity contribution in [2.45, 2.75) is 0 Å². The van der Waals surface area contributed by atoms with E-state index < -0.39 is 54.4 Å². The molecule has 0 saturated carbocycles. The molecule has 0 unspecified atom stereocenters. The van der Waals surface area contributed by atoms with Crippen LogP contribution in [0.5, 0.6) is 0 Å². The number of benzene rings is 9. The molecule has 10 rings (SSSR count). The Morgan fingerprint density at radius 3 is 1.55 bits per heavy atom. The highest BCUT2D eigenvalue weighted by molar-refractivity contribution is 6.26. The van der Waals surface area contributed by atoms with Crippen LogP contribution in [-0.4, -0.2) is 0 Å². The summed E-state index contributed by atoms with van der Waals surface area (Å²) in [6.45, 7) is 0. The maximum absolute atomic E-state index is 9.52. The Hall–Kier alpha value is -6.44. The summed E-state index contributed by atoms with van der Waals surface area (Å²) in [6, 6.07) is 26.0. The fourth-order valence-corrected chi connectivity index (χ4v) is 6.95. The van der Waals surface area contributed by atoms with Crippen LogP contribution in [-0.2, 0) is 0 Å². The zero-order chi connectivity index (χ0) is 43.6. The van der Waals surface area contributed by atoms with Crippen LogP contribution >= 0.6 is 0 Å². The molecule has 228 valence electrons. The van der Waals surface area contributed by atoms with Gasteiger partial charge in [0.05, 0.1) is 17.8 Å². The average molecular weight is 636 g/mol. The zero-order valence-electron chi connectivity index (χ0n) is 38.7. The summed E-state index contributed by atoms with van der Waals surface area (Å²) in [5, 5.41) is 1.68. The van der Waals surface area contributed by atoms with E-state index in [2.05, 4.69) is 0 Å². The summed E-state index contributed by atoms with van der Waals surface area (Å²) in [7, 11) is 0. The lowest BCUT2D eigenvalue weighted by Gasteiger charge is -2.20. The summed E-state index contributed by atoms with van der Waals surface area (Å²) in [5.41, 5.74) is 3.59. The van der Waals surface area contributed by atoms with Gasteiger partial charge in [0.25, 0.3) is 0 Å². The molecule has 0 atom stereocenters. The molecular weight excluding hydrogens is 593 g/mol. The molecule has 0 spiro atoms. The van der Waals surface area contributed by atoms with Crippen molar-refractivity contribution in [1.29, 1.82) is 0 Å². The third kappa shape index (κ3) is 4.40. The Labute approximate surface area is 302 Å². The van der Waals surface area contributed by atoms with Gasteiger partial charge in [-0.1, -0.05) is 164 Å². The molecule has 0 amide bonds. The second-order valence-electron chi connectivity index (χ2n) is 11.8. The average Bonchev–Trinajstić information content (AvgIpc) is 3.70. The number of rotatable bonds is 4. The zero-order valence-corrected chi connectivity index (χ0v) is 25.7. The van der Waals surface area contributed by atoms with E-state index in [1.54, 1.807) is 36.4 Å². The Bertz CT molecular complexity index is 3540. The van der Waals surface area contributed by atoms with Gasteiger partial charge in [0.2, 0.25) is 0 Å². The molecule has 9 aromatic carbocycles. The third-order valence-corrected chi connectivity index (χ3v) is 9.10. The predicted molar refractivity (Wildman–Crippen MR) is 208 cm³/mol. The highest BCUT2D eigenvalue weighted by atomic mass is 16.3. The monoisotopic (exact) mass is 635 g/mol. The van der Waals surface area contributed by atoms with Gasteiger partial charge in [0.15, 0.2) is 0 Å². The minimum Gasteiger partial charge on any atom is -0.456 e. The van der Waals surface area contributed by atoms with Gasteiger partial charge in [-0.15, -0.1) is 0 Å². The van der Waals surface area contributed by atoms with Gasteiger partial charge >= 0.3 is 0 Å². The van der Waals surface area contributed by atoms with Gasteiger partial charge in [-0.05, 0) is 95.0 Å². The summed E-state index contributed by atoms with van der Waals surface area (Å²) < 4.78 is 123. The van der Waals surface area contributed by atoms with Crippen LogP contribution in [0.25, 0.3) is 98.8 Å². The Balaban J connectivity index is 1.37. The topological polar surface area (TPSA) is 13.1 Å². The second kappa shape index (κ2) is 11.1. The standard InChI is InChI=1S/C48H30O/c1-2-13-31(14-3-1)32-25-27-33(28-26-32)36-17-6-7-18-37(36)46-38-19-8-10-21-40(38)47(41-22-11-9-20-39(41)46)42-23-12-24-44-48(42)43-29-34-15-4-5-16-35(34)30-45(43)49-44/h1-30H/i4D,5D,6D,7D,12D,15D,16D,17D,18D,23D,24D,29D,30D. The highest BCUT2D eigenvalue weighted by Crippen LogP contribution is 2.48. The number of hydrogen-bond donors (Lipinski definition) is 0. The molecule has 1 aromatic heterocycles. The van der Waals surface area contributed by atoms with Crippen LogP contribution in [0, 0.1) is 0 Å². The lowest BCUT2D eigenvalue weighted by Crippen LogP contribution is -1.93. The van der Waals surface area contributed by atoms with Crippen molar-refractivity contribution >= 4 is 54.3 Å². The lowest BCUT2D eigenvalue weighted by atomic mass is 9.83. The van der Waals surface area contributed by atoms with Gasteiger partial charge in [-0.2, -0.15) is 0 Å². The van der Waals surface area contributed by atoms with Crippen molar-refractivity contribution in [2.75, 3.05) is 0 Å². The van der Waals surface area contributed by atoms with Crippen LogP contribution < -0.4 is 0 Å². The summed E-state index contributed by atoms with van der Waals surface area (Å²) in [4.78, 5) is 0. The maximum Gasteiger partial charge on any atom is 0.136 e. The molecule has 0 bridgehead atoms. The molecule has 0 aliphatic rings. The first kappa shape index (κ1) is 17.6. The van der Waals surface area contributed by atoms with E-state index in [4.69, 9.17) is 15.4 Å². The molecule has 0 fully saturated rings. The molecule has 0 aliphatic heterocycles. The molecule has 1 heteroatoms. The van der Waals surface area contributed by atoms with E-state index in [1.165, 1.54) is 0 Å². The fourth-order valence-electron chi connectivity index (χ4n) is 6.95. The van der Waals surface area contributed by atoms with Crippen LogP contribution in [0.3, 0.4) is 0 Å². The van der Waals surface area contributed by atoms with Crippen LogP contribution in [0.4, 0.5) is 0 Å². The maximum atomic E-state index is 9.52. The molecule has 0 radical (unpaired) electrons. The first-order valence-electron chi connectivity index (χ1n) is 22.3. The van der Waals surface area contributed by atoms with E-state index in [1.807, 2.05) is 66.7 Å². The van der Waals surface area contributed by atoms with Gasteiger partial charge in [0, 0.05) is 10.8 Å².